The number of pyridine rings is 1. The van der Waals surface area contributed by atoms with Gasteiger partial charge in [0.1, 0.15) is 17.8 Å². The quantitative estimate of drug-likeness (QED) is 0.454. The van der Waals surface area contributed by atoms with E-state index < -0.39 is 0 Å². The molecule has 3 heterocycles. The third kappa shape index (κ3) is 2.83. The third-order valence-corrected chi connectivity index (χ3v) is 6.65. The van der Waals surface area contributed by atoms with Crippen LogP contribution in [-0.2, 0) is 12.5 Å². The van der Waals surface area contributed by atoms with Crippen LogP contribution in [0.3, 0.4) is 0 Å². The maximum atomic E-state index is 13.3. The van der Waals surface area contributed by atoms with Crippen molar-refractivity contribution < 1.29 is 0 Å². The molecule has 0 radical (unpaired) electrons. The van der Waals surface area contributed by atoms with Crippen LogP contribution in [0.15, 0.2) is 58.3 Å². The van der Waals surface area contributed by atoms with Crippen LogP contribution in [0.5, 0.6) is 0 Å². The number of fused-ring (bicyclic) bond motifs is 1. The van der Waals surface area contributed by atoms with Crippen LogP contribution < -0.4 is 5.56 Å². The largest absolute Gasteiger partial charge is 0.320 e. The summed E-state index contributed by atoms with van der Waals surface area (Å²) in [5.41, 5.74) is 4.02. The Morgan fingerprint density at radius 2 is 2.03 bits per heavy atom. The maximum absolute atomic E-state index is 13.3. The van der Waals surface area contributed by atoms with Gasteiger partial charge in [0.05, 0.1) is 11.0 Å². The van der Waals surface area contributed by atoms with Gasteiger partial charge in [0.15, 0.2) is 0 Å². The molecule has 1 fully saturated rings. The SMILES string of the molecule is Cc1cc(Br)cn2c(=O)c(-c3cccc(C4(c5nncn5C)CC(C)C4)c3)cnc12. The van der Waals surface area contributed by atoms with Gasteiger partial charge in [-0.15, -0.1) is 10.2 Å². The van der Waals surface area contributed by atoms with Gasteiger partial charge in [-0.3, -0.25) is 9.20 Å². The van der Waals surface area contributed by atoms with Gasteiger partial charge < -0.3 is 4.57 Å². The van der Waals surface area contributed by atoms with Crippen molar-refractivity contribution in [3.63, 3.8) is 0 Å². The lowest BCUT2D eigenvalue weighted by molar-refractivity contribution is 0.185. The summed E-state index contributed by atoms with van der Waals surface area (Å²) in [5.74, 6) is 1.60. The standard InChI is InChI=1S/C23H22BrN5O/c1-14-9-23(10-14,22-27-26-13-28(22)3)17-6-4-5-16(8-17)19-11-25-20-15(2)7-18(24)12-29(20)21(19)30/h4-8,11-14H,9-10H2,1-3H3. The van der Waals surface area contributed by atoms with Gasteiger partial charge in [0, 0.05) is 23.9 Å². The molecule has 30 heavy (non-hydrogen) atoms. The minimum absolute atomic E-state index is 0.0729. The molecule has 0 aliphatic heterocycles. The number of hydrogen-bond acceptors (Lipinski definition) is 4. The second-order valence-electron chi connectivity index (χ2n) is 8.45. The number of aromatic nitrogens is 5. The topological polar surface area (TPSA) is 65.1 Å². The van der Waals surface area contributed by atoms with Crippen LogP contribution in [0.25, 0.3) is 16.8 Å². The van der Waals surface area contributed by atoms with Crippen molar-refractivity contribution in [1.29, 1.82) is 0 Å². The van der Waals surface area contributed by atoms with E-state index in [2.05, 4.69) is 50.2 Å². The smallest absolute Gasteiger partial charge is 0.265 e. The van der Waals surface area contributed by atoms with Crippen molar-refractivity contribution in [3.8, 4) is 11.1 Å². The fourth-order valence-corrected chi connectivity index (χ4v) is 5.44. The molecule has 1 saturated carbocycles. The fraction of sp³-hybridized carbons (Fsp3) is 0.304. The Labute approximate surface area is 182 Å². The first-order valence-electron chi connectivity index (χ1n) is 10.0. The molecule has 0 bridgehead atoms. The van der Waals surface area contributed by atoms with Crippen molar-refractivity contribution in [2.45, 2.75) is 32.1 Å². The molecular weight excluding hydrogens is 442 g/mol. The Kier molecular flexibility index (Phi) is 4.39. The second-order valence-corrected chi connectivity index (χ2v) is 9.37. The van der Waals surface area contributed by atoms with E-state index in [0.29, 0.717) is 17.1 Å². The molecule has 0 atom stereocenters. The van der Waals surface area contributed by atoms with Gasteiger partial charge in [-0.2, -0.15) is 0 Å². The first-order valence-corrected chi connectivity index (χ1v) is 10.8. The summed E-state index contributed by atoms with van der Waals surface area (Å²) in [6, 6.07) is 10.2. The molecule has 0 saturated heterocycles. The highest BCUT2D eigenvalue weighted by Gasteiger charge is 2.48. The Bertz CT molecular complexity index is 1330. The molecule has 7 heteroatoms. The fourth-order valence-electron chi connectivity index (χ4n) is 4.89. The van der Waals surface area contributed by atoms with Gasteiger partial charge >= 0.3 is 0 Å². The number of aryl methyl sites for hydroxylation is 2. The summed E-state index contributed by atoms with van der Waals surface area (Å²) >= 11 is 3.48. The van der Waals surface area contributed by atoms with Gasteiger partial charge in [-0.05, 0) is 70.4 Å². The number of benzene rings is 1. The van der Waals surface area contributed by atoms with Crippen molar-refractivity contribution in [2.24, 2.45) is 13.0 Å². The molecule has 3 aromatic heterocycles. The lowest BCUT2D eigenvalue weighted by atomic mass is 9.58. The molecule has 1 aliphatic rings. The predicted octanol–water partition coefficient (Wildman–Crippen LogP) is 4.28. The summed E-state index contributed by atoms with van der Waals surface area (Å²) in [7, 11) is 1.99. The predicted molar refractivity (Wildman–Crippen MR) is 120 cm³/mol. The Hall–Kier alpha value is -2.80. The summed E-state index contributed by atoms with van der Waals surface area (Å²) < 4.78 is 4.48. The highest BCUT2D eigenvalue weighted by atomic mass is 79.9. The van der Waals surface area contributed by atoms with Crippen molar-refractivity contribution in [1.82, 2.24) is 24.1 Å². The normalized spacial score (nSPS) is 21.0. The molecule has 1 aliphatic carbocycles. The molecule has 152 valence electrons. The first kappa shape index (κ1) is 19.2. The lowest BCUT2D eigenvalue weighted by Crippen LogP contribution is -2.43. The molecule has 0 amide bonds. The van der Waals surface area contributed by atoms with Crippen molar-refractivity contribution in [2.75, 3.05) is 0 Å². The molecule has 0 spiro atoms. The minimum atomic E-state index is -0.166. The van der Waals surface area contributed by atoms with E-state index >= 15 is 0 Å². The molecule has 0 N–H and O–H groups in total. The van der Waals surface area contributed by atoms with E-state index in [-0.39, 0.29) is 11.0 Å². The summed E-state index contributed by atoms with van der Waals surface area (Å²) in [5, 5.41) is 8.54. The summed E-state index contributed by atoms with van der Waals surface area (Å²) in [6.07, 6.45) is 7.26. The van der Waals surface area contributed by atoms with E-state index in [9.17, 15) is 4.79 Å². The van der Waals surface area contributed by atoms with Crippen LogP contribution >= 0.6 is 15.9 Å². The molecular formula is C23H22BrN5O. The zero-order chi connectivity index (χ0) is 21.0. The van der Waals surface area contributed by atoms with Gasteiger partial charge in [-0.1, -0.05) is 25.1 Å². The average molecular weight is 464 g/mol. The van der Waals surface area contributed by atoms with E-state index in [1.54, 1.807) is 23.1 Å². The Morgan fingerprint density at radius 1 is 1.23 bits per heavy atom. The maximum Gasteiger partial charge on any atom is 0.265 e. The third-order valence-electron chi connectivity index (χ3n) is 6.21. The molecule has 6 nitrogen and oxygen atoms in total. The Morgan fingerprint density at radius 3 is 2.73 bits per heavy atom. The minimum Gasteiger partial charge on any atom is -0.320 e. The van der Waals surface area contributed by atoms with Crippen LogP contribution in [0.4, 0.5) is 0 Å². The van der Waals surface area contributed by atoms with Gasteiger partial charge in [0.2, 0.25) is 0 Å². The van der Waals surface area contributed by atoms with E-state index in [4.69, 9.17) is 0 Å². The zero-order valence-electron chi connectivity index (χ0n) is 17.1. The monoisotopic (exact) mass is 463 g/mol. The Balaban J connectivity index is 1.67. The average Bonchev–Trinajstić information content (AvgIpc) is 3.12. The molecule has 5 rings (SSSR count). The number of rotatable bonds is 3. The highest BCUT2D eigenvalue weighted by Crippen LogP contribution is 2.51. The van der Waals surface area contributed by atoms with Crippen molar-refractivity contribution in [3.05, 3.63) is 80.8 Å². The molecule has 4 aromatic rings. The van der Waals surface area contributed by atoms with E-state index in [1.807, 2.05) is 36.7 Å². The lowest BCUT2D eigenvalue weighted by Gasteiger charge is -2.46. The second kappa shape index (κ2) is 6.87. The molecule has 0 unspecified atom stereocenters. The van der Waals surface area contributed by atoms with E-state index in [1.165, 1.54) is 5.56 Å². The summed E-state index contributed by atoms with van der Waals surface area (Å²) in [4.78, 5) is 17.9. The number of halogens is 1. The number of nitrogens with zero attached hydrogens (tertiary/aromatic N) is 5. The highest BCUT2D eigenvalue weighted by molar-refractivity contribution is 9.10. The van der Waals surface area contributed by atoms with E-state index in [0.717, 1.165) is 34.3 Å². The molecule has 1 aromatic carbocycles. The summed E-state index contributed by atoms with van der Waals surface area (Å²) in [6.45, 7) is 4.22. The van der Waals surface area contributed by atoms with Crippen LogP contribution in [0.2, 0.25) is 0 Å². The number of hydrogen-bond donors (Lipinski definition) is 0. The van der Waals surface area contributed by atoms with Gasteiger partial charge in [-0.25, -0.2) is 4.98 Å². The van der Waals surface area contributed by atoms with Crippen molar-refractivity contribution >= 4 is 21.6 Å². The zero-order valence-corrected chi connectivity index (χ0v) is 18.7. The first-order chi connectivity index (χ1) is 14.4. The van der Waals surface area contributed by atoms with Crippen LogP contribution in [0, 0.1) is 12.8 Å². The van der Waals surface area contributed by atoms with Crippen LogP contribution in [0.1, 0.15) is 36.7 Å². The van der Waals surface area contributed by atoms with Crippen LogP contribution in [-0.4, -0.2) is 24.1 Å². The van der Waals surface area contributed by atoms with Gasteiger partial charge in [0.25, 0.3) is 5.56 Å².